The average Bonchev–Trinajstić information content (AvgIpc) is 2.86. The van der Waals surface area contributed by atoms with Gasteiger partial charge in [-0.25, -0.2) is 0 Å². The van der Waals surface area contributed by atoms with Crippen LogP contribution in [0, 0.1) is 5.92 Å². The van der Waals surface area contributed by atoms with Crippen LogP contribution in [0.25, 0.3) is 11.1 Å². The van der Waals surface area contributed by atoms with Gasteiger partial charge < -0.3 is 14.8 Å². The van der Waals surface area contributed by atoms with E-state index in [9.17, 15) is 14.4 Å². The number of aromatic nitrogens is 1. The van der Waals surface area contributed by atoms with Gasteiger partial charge in [-0.1, -0.05) is 42.5 Å². The van der Waals surface area contributed by atoms with Crippen molar-refractivity contribution in [1.82, 2.24) is 9.47 Å². The van der Waals surface area contributed by atoms with Gasteiger partial charge in [0.1, 0.15) is 5.69 Å². The zero-order valence-corrected chi connectivity index (χ0v) is 19.9. The highest BCUT2D eigenvalue weighted by Crippen LogP contribution is 2.36. The molecule has 2 amide bonds. The second kappa shape index (κ2) is 9.50. The topological polar surface area (TPSA) is 71.4 Å². The van der Waals surface area contributed by atoms with Crippen LogP contribution in [0.1, 0.15) is 28.4 Å². The summed E-state index contributed by atoms with van der Waals surface area (Å²) in [5, 5.41) is 2.73. The van der Waals surface area contributed by atoms with Gasteiger partial charge in [-0.15, -0.1) is 0 Å². The van der Waals surface area contributed by atoms with Gasteiger partial charge in [0.05, 0.1) is 5.75 Å². The highest BCUT2D eigenvalue weighted by Gasteiger charge is 2.37. The molecule has 1 N–H and O–H groups in total. The van der Waals surface area contributed by atoms with E-state index in [2.05, 4.69) is 17.4 Å². The normalized spacial score (nSPS) is 18.8. The fourth-order valence-electron chi connectivity index (χ4n) is 5.14. The van der Waals surface area contributed by atoms with Crippen molar-refractivity contribution in [2.45, 2.75) is 18.9 Å². The largest absolute Gasteiger partial charge is 0.338 e. The average molecular weight is 474 g/mol. The number of piperidine rings is 1. The highest BCUT2D eigenvalue weighted by atomic mass is 32.2. The Hall–Kier alpha value is -3.32. The highest BCUT2D eigenvalue weighted by molar-refractivity contribution is 7.99. The van der Waals surface area contributed by atoms with Crippen LogP contribution >= 0.6 is 11.8 Å². The van der Waals surface area contributed by atoms with E-state index in [0.29, 0.717) is 36.6 Å². The third-order valence-electron chi connectivity index (χ3n) is 6.68. The van der Waals surface area contributed by atoms with E-state index >= 15 is 0 Å². The fourth-order valence-corrected chi connectivity index (χ4v) is 5.48. The van der Waals surface area contributed by atoms with Gasteiger partial charge in [0.25, 0.3) is 11.5 Å². The van der Waals surface area contributed by atoms with Crippen LogP contribution in [0.4, 0.5) is 5.69 Å². The van der Waals surface area contributed by atoms with Crippen molar-refractivity contribution < 1.29 is 9.59 Å². The van der Waals surface area contributed by atoms with E-state index in [1.165, 1.54) is 11.8 Å². The van der Waals surface area contributed by atoms with Gasteiger partial charge in [-0.05, 0) is 54.0 Å². The van der Waals surface area contributed by atoms with Crippen molar-refractivity contribution in [3.8, 4) is 11.1 Å². The molecule has 3 heterocycles. The fraction of sp³-hybridized carbons (Fsp3) is 0.296. The molecule has 0 spiro atoms. The Labute approximate surface area is 203 Å². The van der Waals surface area contributed by atoms with Gasteiger partial charge in [0.15, 0.2) is 0 Å². The molecule has 0 aliphatic carbocycles. The van der Waals surface area contributed by atoms with Crippen LogP contribution in [0.15, 0.2) is 71.5 Å². The number of rotatable bonds is 5. The molecule has 1 saturated heterocycles. The number of benzene rings is 2. The molecule has 5 rings (SSSR count). The number of nitrogens with one attached hydrogen (secondary N) is 1. The zero-order valence-electron chi connectivity index (χ0n) is 19.1. The molecule has 2 aliphatic rings. The molecule has 0 unspecified atom stereocenters. The third-order valence-corrected chi connectivity index (χ3v) is 7.23. The molecule has 0 radical (unpaired) electrons. The predicted molar refractivity (Wildman–Crippen MR) is 136 cm³/mol. The molecule has 0 saturated carbocycles. The SMILES string of the molecule is CSCC(=O)Nc1ccc2n(c1=O)C[C@H]1C[C@@H]2CN(C(=O)c2ccc(-c3ccccc3)cc2)C1. The maximum Gasteiger partial charge on any atom is 0.274 e. The summed E-state index contributed by atoms with van der Waals surface area (Å²) in [6.07, 6.45) is 2.82. The van der Waals surface area contributed by atoms with Crippen LogP contribution in [0.2, 0.25) is 0 Å². The molecule has 2 aliphatic heterocycles. The zero-order chi connectivity index (χ0) is 23.7. The van der Waals surface area contributed by atoms with E-state index < -0.39 is 0 Å². The number of likely N-dealkylation sites (tertiary alicyclic amines) is 1. The number of hydrogen-bond donors (Lipinski definition) is 1. The molecule has 1 fully saturated rings. The minimum atomic E-state index is -0.170. The van der Waals surface area contributed by atoms with Gasteiger partial charge in [-0.2, -0.15) is 11.8 Å². The first-order chi connectivity index (χ1) is 16.5. The minimum Gasteiger partial charge on any atom is -0.338 e. The Morgan fingerprint density at radius 1 is 0.941 bits per heavy atom. The lowest BCUT2D eigenvalue weighted by Crippen LogP contribution is -2.49. The summed E-state index contributed by atoms with van der Waals surface area (Å²) >= 11 is 1.42. The molecule has 2 atom stereocenters. The van der Waals surface area contributed by atoms with Crippen molar-refractivity contribution in [3.63, 3.8) is 0 Å². The number of hydrogen-bond acceptors (Lipinski definition) is 4. The number of amides is 2. The van der Waals surface area contributed by atoms with E-state index in [0.717, 1.165) is 23.2 Å². The van der Waals surface area contributed by atoms with Gasteiger partial charge in [-0.3, -0.25) is 14.4 Å². The van der Waals surface area contributed by atoms with Crippen LogP contribution in [-0.4, -0.2) is 46.4 Å². The predicted octanol–water partition coefficient (Wildman–Crippen LogP) is 4.08. The van der Waals surface area contributed by atoms with E-state index in [1.807, 2.05) is 59.7 Å². The van der Waals surface area contributed by atoms with E-state index in [1.54, 1.807) is 10.6 Å². The number of carbonyl (C=O) groups is 2. The summed E-state index contributed by atoms with van der Waals surface area (Å²) in [5.41, 5.74) is 4.01. The lowest BCUT2D eigenvalue weighted by atomic mass is 9.83. The summed E-state index contributed by atoms with van der Waals surface area (Å²) < 4.78 is 1.80. The lowest BCUT2D eigenvalue weighted by Gasteiger charge is -2.43. The van der Waals surface area contributed by atoms with Gasteiger partial charge in [0, 0.05) is 36.8 Å². The molecular formula is C27H27N3O3S. The number of anilines is 1. The van der Waals surface area contributed by atoms with Crippen molar-refractivity contribution in [2.75, 3.05) is 30.4 Å². The summed E-state index contributed by atoms with van der Waals surface area (Å²) in [4.78, 5) is 40.2. The molecule has 34 heavy (non-hydrogen) atoms. The number of nitrogens with zero attached hydrogens (tertiary/aromatic N) is 2. The lowest BCUT2D eigenvalue weighted by molar-refractivity contribution is -0.113. The maximum atomic E-state index is 13.3. The van der Waals surface area contributed by atoms with Crippen LogP contribution in [0.3, 0.4) is 0 Å². The van der Waals surface area contributed by atoms with Crippen molar-refractivity contribution in [3.05, 3.63) is 88.3 Å². The summed E-state index contributed by atoms with van der Waals surface area (Å²) in [6.45, 7) is 1.78. The Bertz CT molecular complexity index is 1270. The van der Waals surface area contributed by atoms with Crippen molar-refractivity contribution >= 4 is 29.3 Å². The summed E-state index contributed by atoms with van der Waals surface area (Å²) in [5.74, 6) is 0.509. The molecule has 7 heteroatoms. The molecule has 2 aromatic carbocycles. The minimum absolute atomic E-state index is 0.0334. The number of fused-ring (bicyclic) bond motifs is 4. The molecule has 6 nitrogen and oxygen atoms in total. The summed E-state index contributed by atoms with van der Waals surface area (Å²) in [7, 11) is 0. The first-order valence-electron chi connectivity index (χ1n) is 11.5. The first kappa shape index (κ1) is 22.5. The molecule has 1 aromatic heterocycles. The third kappa shape index (κ3) is 4.40. The number of carbonyl (C=O) groups excluding carboxylic acids is 2. The standard InChI is InChI=1S/C27H27N3O3S/c1-34-17-25(31)28-23-11-12-24-22-13-18(15-30(24)27(23)33)14-29(16-22)26(32)21-9-7-20(8-10-21)19-5-3-2-4-6-19/h2-12,18,22H,13-17H2,1H3,(H,28,31)/t18-,22+/m0/s1. The van der Waals surface area contributed by atoms with E-state index in [4.69, 9.17) is 0 Å². The number of pyridine rings is 1. The second-order valence-corrected chi connectivity index (χ2v) is 9.89. The quantitative estimate of drug-likeness (QED) is 0.606. The maximum absolute atomic E-state index is 13.3. The Balaban J connectivity index is 1.33. The van der Waals surface area contributed by atoms with Crippen LogP contribution in [-0.2, 0) is 11.3 Å². The molecule has 174 valence electrons. The monoisotopic (exact) mass is 473 g/mol. The van der Waals surface area contributed by atoms with Crippen molar-refractivity contribution in [2.24, 2.45) is 5.92 Å². The van der Waals surface area contributed by atoms with Crippen LogP contribution < -0.4 is 10.9 Å². The smallest absolute Gasteiger partial charge is 0.274 e. The Morgan fingerprint density at radius 3 is 2.41 bits per heavy atom. The molecular weight excluding hydrogens is 446 g/mol. The van der Waals surface area contributed by atoms with Crippen LogP contribution in [0.5, 0.6) is 0 Å². The van der Waals surface area contributed by atoms with Gasteiger partial charge in [0.2, 0.25) is 5.91 Å². The molecule has 2 bridgehead atoms. The second-order valence-electron chi connectivity index (χ2n) is 9.02. The Morgan fingerprint density at radius 2 is 1.68 bits per heavy atom. The first-order valence-corrected chi connectivity index (χ1v) is 12.9. The summed E-state index contributed by atoms with van der Waals surface area (Å²) in [6, 6.07) is 21.5. The van der Waals surface area contributed by atoms with Crippen molar-refractivity contribution in [1.29, 1.82) is 0 Å². The number of thioether (sulfide) groups is 1. The van der Waals surface area contributed by atoms with Gasteiger partial charge >= 0.3 is 0 Å². The molecule has 3 aromatic rings. The van der Waals surface area contributed by atoms with E-state index in [-0.39, 0.29) is 29.2 Å². The Kier molecular flexibility index (Phi) is 6.28.